The maximum atomic E-state index is 13.5. The minimum Gasteiger partial charge on any atom is -0.308 e. The van der Waals surface area contributed by atoms with Gasteiger partial charge in [0.15, 0.2) is 0 Å². The van der Waals surface area contributed by atoms with E-state index >= 15 is 0 Å². The zero-order valence-corrected chi connectivity index (χ0v) is 13.2. The van der Waals surface area contributed by atoms with E-state index in [2.05, 4.69) is 15.6 Å². The predicted molar refractivity (Wildman–Crippen MR) is 91.3 cm³/mol. The molecule has 0 fully saturated rings. The molecule has 4 nitrogen and oxygen atoms in total. The molecular weight excluding hydrogens is 313 g/mol. The zero-order valence-electron chi connectivity index (χ0n) is 12.3. The van der Waals surface area contributed by atoms with Gasteiger partial charge < -0.3 is 10.6 Å². The van der Waals surface area contributed by atoms with Gasteiger partial charge in [0.1, 0.15) is 5.82 Å². The van der Waals surface area contributed by atoms with E-state index in [1.807, 2.05) is 24.4 Å². The topological polar surface area (TPSA) is 54.0 Å². The highest BCUT2D eigenvalue weighted by atomic mass is 32.1. The summed E-state index contributed by atoms with van der Waals surface area (Å²) in [6.07, 6.45) is 0. The first-order chi connectivity index (χ1) is 11.1. The molecule has 0 aliphatic carbocycles. The van der Waals surface area contributed by atoms with E-state index in [4.69, 9.17) is 0 Å². The van der Waals surface area contributed by atoms with Gasteiger partial charge in [-0.1, -0.05) is 24.3 Å². The number of halogens is 1. The van der Waals surface area contributed by atoms with Crippen LogP contribution in [-0.4, -0.2) is 11.0 Å². The average Bonchev–Trinajstić information content (AvgIpc) is 2.97. The molecule has 1 aromatic heterocycles. The van der Waals surface area contributed by atoms with E-state index in [9.17, 15) is 9.18 Å². The van der Waals surface area contributed by atoms with Gasteiger partial charge >= 0.3 is 6.03 Å². The first kappa shape index (κ1) is 15.2. The number of rotatable bonds is 3. The van der Waals surface area contributed by atoms with Crippen LogP contribution in [0.1, 0.15) is 5.01 Å². The second-order valence-electron chi connectivity index (χ2n) is 4.89. The third-order valence-corrected chi connectivity index (χ3v) is 3.95. The summed E-state index contributed by atoms with van der Waals surface area (Å²) in [6, 6.07) is 12.9. The van der Waals surface area contributed by atoms with Crippen LogP contribution in [0.4, 0.5) is 20.6 Å². The van der Waals surface area contributed by atoms with Gasteiger partial charge in [-0.05, 0) is 31.2 Å². The van der Waals surface area contributed by atoms with Gasteiger partial charge in [0, 0.05) is 16.6 Å². The van der Waals surface area contributed by atoms with Crippen LogP contribution in [0.2, 0.25) is 0 Å². The summed E-state index contributed by atoms with van der Waals surface area (Å²) >= 11 is 1.59. The molecular formula is C17H14FN3OS. The van der Waals surface area contributed by atoms with E-state index in [-0.39, 0.29) is 5.69 Å². The van der Waals surface area contributed by atoms with Crippen molar-refractivity contribution in [3.05, 3.63) is 64.7 Å². The Hall–Kier alpha value is -2.73. The van der Waals surface area contributed by atoms with Crippen molar-refractivity contribution in [3.8, 4) is 11.3 Å². The summed E-state index contributed by atoms with van der Waals surface area (Å²) in [4.78, 5) is 16.3. The van der Waals surface area contributed by atoms with Crippen molar-refractivity contribution in [3.63, 3.8) is 0 Å². The van der Waals surface area contributed by atoms with E-state index in [1.165, 1.54) is 12.1 Å². The molecule has 2 aromatic carbocycles. The van der Waals surface area contributed by atoms with Crippen molar-refractivity contribution in [2.75, 3.05) is 10.6 Å². The van der Waals surface area contributed by atoms with Gasteiger partial charge in [0.25, 0.3) is 0 Å². The fourth-order valence-electron chi connectivity index (χ4n) is 2.07. The van der Waals surface area contributed by atoms with E-state index < -0.39 is 11.8 Å². The van der Waals surface area contributed by atoms with Crippen LogP contribution in [0.3, 0.4) is 0 Å². The number of amides is 2. The molecule has 0 saturated heterocycles. The van der Waals surface area contributed by atoms with Crippen LogP contribution in [0.15, 0.2) is 53.9 Å². The quantitative estimate of drug-likeness (QED) is 0.719. The molecule has 3 rings (SSSR count). The monoisotopic (exact) mass is 327 g/mol. The highest BCUT2D eigenvalue weighted by molar-refractivity contribution is 7.09. The smallest absolute Gasteiger partial charge is 0.308 e. The Morgan fingerprint density at radius 2 is 1.83 bits per heavy atom. The number of aromatic nitrogens is 1. The fraction of sp³-hybridized carbons (Fsp3) is 0.0588. The van der Waals surface area contributed by atoms with Crippen molar-refractivity contribution in [2.24, 2.45) is 0 Å². The number of carbonyl (C=O) groups is 1. The molecule has 116 valence electrons. The van der Waals surface area contributed by atoms with Gasteiger partial charge in [-0.25, -0.2) is 14.2 Å². The number of nitrogens with one attached hydrogen (secondary N) is 2. The molecule has 0 unspecified atom stereocenters. The molecule has 0 saturated carbocycles. The third-order valence-electron chi connectivity index (χ3n) is 3.18. The average molecular weight is 327 g/mol. The molecule has 2 amide bonds. The standard InChI is InChI=1S/C17H14FN3OS/c1-11-19-16(10-23-11)12-6-8-13(9-7-12)20-17(22)21-15-5-3-2-4-14(15)18/h2-10H,1H3,(H2,20,21,22). The van der Waals surface area contributed by atoms with Crippen LogP contribution in [0, 0.1) is 12.7 Å². The lowest BCUT2D eigenvalue weighted by Crippen LogP contribution is -2.20. The van der Waals surface area contributed by atoms with Crippen molar-refractivity contribution >= 4 is 28.7 Å². The van der Waals surface area contributed by atoms with Gasteiger partial charge in [0.05, 0.1) is 16.4 Å². The normalized spacial score (nSPS) is 10.3. The van der Waals surface area contributed by atoms with Crippen molar-refractivity contribution in [1.82, 2.24) is 4.98 Å². The second-order valence-corrected chi connectivity index (χ2v) is 5.95. The molecule has 0 bridgehead atoms. The largest absolute Gasteiger partial charge is 0.323 e. The number of aryl methyl sites for hydroxylation is 1. The van der Waals surface area contributed by atoms with Crippen molar-refractivity contribution in [2.45, 2.75) is 6.92 Å². The number of hydrogen-bond donors (Lipinski definition) is 2. The Labute approximate surface area is 137 Å². The Bertz CT molecular complexity index is 830. The number of thiazole rings is 1. The second kappa shape index (κ2) is 6.58. The number of anilines is 2. The van der Waals surface area contributed by atoms with Gasteiger partial charge in [-0.2, -0.15) is 0 Å². The summed E-state index contributed by atoms with van der Waals surface area (Å²) in [5.41, 5.74) is 2.65. The number of hydrogen-bond acceptors (Lipinski definition) is 3. The molecule has 0 spiro atoms. The Kier molecular flexibility index (Phi) is 4.34. The molecule has 1 heterocycles. The number of benzene rings is 2. The highest BCUT2D eigenvalue weighted by Gasteiger charge is 2.07. The summed E-state index contributed by atoms with van der Waals surface area (Å²) in [7, 11) is 0. The number of urea groups is 1. The Morgan fingerprint density at radius 3 is 2.48 bits per heavy atom. The molecule has 0 atom stereocenters. The molecule has 0 aliphatic rings. The van der Waals surface area contributed by atoms with Gasteiger partial charge in [-0.3, -0.25) is 0 Å². The number of carbonyl (C=O) groups excluding carboxylic acids is 1. The van der Waals surface area contributed by atoms with Gasteiger partial charge in [0.2, 0.25) is 0 Å². The number of nitrogens with zero attached hydrogens (tertiary/aromatic N) is 1. The van der Waals surface area contributed by atoms with Gasteiger partial charge in [-0.15, -0.1) is 11.3 Å². The van der Waals surface area contributed by atoms with Crippen molar-refractivity contribution in [1.29, 1.82) is 0 Å². The highest BCUT2D eigenvalue weighted by Crippen LogP contribution is 2.23. The summed E-state index contributed by atoms with van der Waals surface area (Å²) < 4.78 is 13.5. The summed E-state index contributed by atoms with van der Waals surface area (Å²) in [5, 5.41) is 8.13. The predicted octanol–water partition coefficient (Wildman–Crippen LogP) is 4.90. The lowest BCUT2D eigenvalue weighted by molar-refractivity contribution is 0.262. The van der Waals surface area contributed by atoms with Crippen molar-refractivity contribution < 1.29 is 9.18 Å². The summed E-state index contributed by atoms with van der Waals surface area (Å²) in [5.74, 6) is -0.475. The first-order valence-electron chi connectivity index (χ1n) is 6.97. The van der Waals surface area contributed by atoms with Crippen LogP contribution >= 0.6 is 11.3 Å². The molecule has 6 heteroatoms. The molecule has 0 radical (unpaired) electrons. The van der Waals surface area contributed by atoms with E-state index in [0.29, 0.717) is 5.69 Å². The van der Waals surface area contributed by atoms with E-state index in [1.54, 1.807) is 35.6 Å². The Morgan fingerprint density at radius 1 is 1.09 bits per heavy atom. The maximum Gasteiger partial charge on any atom is 0.323 e. The minimum absolute atomic E-state index is 0.138. The maximum absolute atomic E-state index is 13.5. The van der Waals surface area contributed by atoms with Crippen LogP contribution in [0.5, 0.6) is 0 Å². The van der Waals surface area contributed by atoms with Crippen LogP contribution < -0.4 is 10.6 Å². The fourth-order valence-corrected chi connectivity index (χ4v) is 2.69. The Balaban J connectivity index is 1.66. The van der Waals surface area contributed by atoms with Crippen LogP contribution in [0.25, 0.3) is 11.3 Å². The molecule has 3 aromatic rings. The minimum atomic E-state index is -0.493. The van der Waals surface area contributed by atoms with E-state index in [0.717, 1.165) is 16.3 Å². The summed E-state index contributed by atoms with van der Waals surface area (Å²) in [6.45, 7) is 1.96. The first-order valence-corrected chi connectivity index (χ1v) is 7.85. The van der Waals surface area contributed by atoms with Crippen LogP contribution in [-0.2, 0) is 0 Å². The molecule has 23 heavy (non-hydrogen) atoms. The zero-order chi connectivity index (χ0) is 16.2. The lowest BCUT2D eigenvalue weighted by atomic mass is 10.1. The number of para-hydroxylation sites is 1. The SMILES string of the molecule is Cc1nc(-c2ccc(NC(=O)Nc3ccccc3F)cc2)cs1. The molecule has 0 aliphatic heterocycles. The lowest BCUT2D eigenvalue weighted by Gasteiger charge is -2.08. The molecule has 2 N–H and O–H groups in total. The third kappa shape index (κ3) is 3.73.